The van der Waals surface area contributed by atoms with E-state index in [1.54, 1.807) is 0 Å². The van der Waals surface area contributed by atoms with Gasteiger partial charge in [-0.25, -0.2) is 4.79 Å². The van der Waals surface area contributed by atoms with Crippen LogP contribution >= 0.6 is 0 Å². The second-order valence-corrected chi connectivity index (χ2v) is 8.04. The molecule has 1 aromatic rings. The minimum Gasteiger partial charge on any atom is -0.457 e. The molecule has 24 heavy (non-hydrogen) atoms. The maximum Gasteiger partial charge on any atom is 0.334 e. The Bertz CT molecular complexity index is 585. The van der Waals surface area contributed by atoms with E-state index in [2.05, 4.69) is 13.5 Å². The fourth-order valence-corrected chi connectivity index (χ4v) is 3.59. The number of hydrogen-bond donors (Lipinski definition) is 1. The zero-order valence-electron chi connectivity index (χ0n) is 15.3. The van der Waals surface area contributed by atoms with Gasteiger partial charge < -0.3 is 9.84 Å². The molecule has 3 nitrogen and oxygen atoms in total. The van der Waals surface area contributed by atoms with Gasteiger partial charge in [0, 0.05) is 5.57 Å². The molecule has 1 fully saturated rings. The molecule has 3 heteroatoms. The molecule has 3 unspecified atom stereocenters. The highest BCUT2D eigenvalue weighted by Gasteiger charge is 2.40. The van der Waals surface area contributed by atoms with E-state index in [4.69, 9.17) is 4.74 Å². The van der Waals surface area contributed by atoms with Crippen LogP contribution in [0, 0.1) is 11.8 Å². The van der Waals surface area contributed by atoms with Crippen molar-refractivity contribution in [2.75, 3.05) is 0 Å². The summed E-state index contributed by atoms with van der Waals surface area (Å²) in [6.45, 7) is 11.7. The molecule has 1 N–H and O–H groups in total. The van der Waals surface area contributed by atoms with Crippen molar-refractivity contribution < 1.29 is 14.6 Å². The largest absolute Gasteiger partial charge is 0.457 e. The molecule has 0 aromatic heterocycles. The van der Waals surface area contributed by atoms with E-state index in [9.17, 15) is 9.90 Å². The van der Waals surface area contributed by atoms with Crippen LogP contribution in [-0.4, -0.2) is 16.7 Å². The standard InChI is InChI=1S/C21H30O3/c1-15-14-17(16(2)19(22)24-20(3,4)5)10-9-13-21(15,23)18-11-7-6-8-12-18/h6-8,11-12,15,17,23H,2,9-10,13-14H2,1,3-5H3. The minimum atomic E-state index is -0.843. The van der Waals surface area contributed by atoms with E-state index in [0.717, 1.165) is 24.8 Å². The van der Waals surface area contributed by atoms with Crippen molar-refractivity contribution in [3.63, 3.8) is 0 Å². The van der Waals surface area contributed by atoms with Crippen LogP contribution in [0.15, 0.2) is 42.5 Å². The topological polar surface area (TPSA) is 46.5 Å². The Morgan fingerprint density at radius 2 is 1.92 bits per heavy atom. The zero-order chi connectivity index (χ0) is 18.0. The number of aliphatic hydroxyl groups is 1. The summed E-state index contributed by atoms with van der Waals surface area (Å²) in [7, 11) is 0. The highest BCUT2D eigenvalue weighted by atomic mass is 16.6. The molecule has 2 rings (SSSR count). The van der Waals surface area contributed by atoms with Gasteiger partial charge in [-0.1, -0.05) is 43.8 Å². The van der Waals surface area contributed by atoms with Crippen LogP contribution in [0.5, 0.6) is 0 Å². The number of rotatable bonds is 3. The van der Waals surface area contributed by atoms with Gasteiger partial charge in [0.1, 0.15) is 5.60 Å². The first-order chi connectivity index (χ1) is 11.1. The molecule has 1 aliphatic carbocycles. The summed E-state index contributed by atoms with van der Waals surface area (Å²) >= 11 is 0. The Hall–Kier alpha value is -1.61. The lowest BCUT2D eigenvalue weighted by Gasteiger charge is -2.34. The van der Waals surface area contributed by atoms with Crippen LogP contribution in [0.3, 0.4) is 0 Å². The zero-order valence-corrected chi connectivity index (χ0v) is 15.3. The molecule has 132 valence electrons. The van der Waals surface area contributed by atoms with E-state index < -0.39 is 11.2 Å². The summed E-state index contributed by atoms with van der Waals surface area (Å²) < 4.78 is 5.46. The Morgan fingerprint density at radius 1 is 1.29 bits per heavy atom. The maximum atomic E-state index is 12.3. The van der Waals surface area contributed by atoms with Crippen molar-refractivity contribution in [3.8, 4) is 0 Å². The smallest absolute Gasteiger partial charge is 0.334 e. The van der Waals surface area contributed by atoms with E-state index in [1.807, 2.05) is 51.1 Å². The molecular weight excluding hydrogens is 300 g/mol. The third-order valence-electron chi connectivity index (χ3n) is 4.99. The first-order valence-electron chi connectivity index (χ1n) is 8.83. The average molecular weight is 330 g/mol. The van der Waals surface area contributed by atoms with E-state index in [-0.39, 0.29) is 17.8 Å². The Kier molecular flexibility index (Phi) is 5.54. The second-order valence-electron chi connectivity index (χ2n) is 8.04. The van der Waals surface area contributed by atoms with E-state index in [1.165, 1.54) is 0 Å². The number of ether oxygens (including phenoxy) is 1. The molecule has 1 saturated carbocycles. The van der Waals surface area contributed by atoms with Crippen molar-refractivity contribution in [3.05, 3.63) is 48.0 Å². The Balaban J connectivity index is 2.13. The van der Waals surface area contributed by atoms with E-state index >= 15 is 0 Å². The molecule has 0 radical (unpaired) electrons. The Labute approximate surface area is 145 Å². The highest BCUT2D eigenvalue weighted by Crippen LogP contribution is 2.43. The number of hydrogen-bond acceptors (Lipinski definition) is 3. The molecule has 1 aromatic carbocycles. The molecule has 0 amide bonds. The maximum absolute atomic E-state index is 12.3. The predicted molar refractivity (Wildman–Crippen MR) is 96.4 cm³/mol. The lowest BCUT2D eigenvalue weighted by molar-refractivity contribution is -0.150. The van der Waals surface area contributed by atoms with Crippen molar-refractivity contribution >= 4 is 5.97 Å². The van der Waals surface area contributed by atoms with Crippen molar-refractivity contribution in [2.24, 2.45) is 11.8 Å². The lowest BCUT2D eigenvalue weighted by Crippen LogP contribution is -2.33. The summed E-state index contributed by atoms with van der Waals surface area (Å²) in [5.74, 6) is -0.205. The summed E-state index contributed by atoms with van der Waals surface area (Å²) in [6.07, 6.45) is 3.17. The van der Waals surface area contributed by atoms with Gasteiger partial charge in [-0.05, 0) is 63.9 Å². The van der Waals surface area contributed by atoms with Gasteiger partial charge in [0.15, 0.2) is 0 Å². The van der Waals surface area contributed by atoms with Crippen LogP contribution in [0.4, 0.5) is 0 Å². The van der Waals surface area contributed by atoms with Crippen LogP contribution in [0.2, 0.25) is 0 Å². The minimum absolute atomic E-state index is 0.0478. The number of benzene rings is 1. The molecule has 3 atom stereocenters. The first-order valence-corrected chi connectivity index (χ1v) is 8.83. The number of esters is 1. The van der Waals surface area contributed by atoms with Gasteiger partial charge in [0.2, 0.25) is 0 Å². The van der Waals surface area contributed by atoms with E-state index in [0.29, 0.717) is 12.0 Å². The van der Waals surface area contributed by atoms with Crippen LogP contribution in [-0.2, 0) is 15.1 Å². The van der Waals surface area contributed by atoms with Gasteiger partial charge in [-0.3, -0.25) is 0 Å². The third-order valence-corrected chi connectivity index (χ3v) is 4.99. The van der Waals surface area contributed by atoms with Crippen molar-refractivity contribution in [1.82, 2.24) is 0 Å². The van der Waals surface area contributed by atoms with Crippen LogP contribution in [0.25, 0.3) is 0 Å². The first kappa shape index (κ1) is 18.7. The Morgan fingerprint density at radius 3 is 2.50 bits per heavy atom. The monoisotopic (exact) mass is 330 g/mol. The van der Waals surface area contributed by atoms with Crippen LogP contribution < -0.4 is 0 Å². The van der Waals surface area contributed by atoms with Gasteiger partial charge >= 0.3 is 5.97 Å². The van der Waals surface area contributed by atoms with Gasteiger partial charge in [0.05, 0.1) is 5.60 Å². The van der Waals surface area contributed by atoms with Gasteiger partial charge in [0.25, 0.3) is 0 Å². The average Bonchev–Trinajstić information content (AvgIpc) is 2.66. The second kappa shape index (κ2) is 7.10. The molecule has 0 aliphatic heterocycles. The normalized spacial score (nSPS) is 28.0. The quantitative estimate of drug-likeness (QED) is 0.500. The predicted octanol–water partition coefficient (Wildman–Crippen LogP) is 4.60. The molecule has 0 spiro atoms. The summed E-state index contributed by atoms with van der Waals surface area (Å²) in [6, 6.07) is 9.85. The molecule has 0 bridgehead atoms. The summed E-state index contributed by atoms with van der Waals surface area (Å²) in [5, 5.41) is 11.3. The molecular formula is C21H30O3. The third kappa shape index (κ3) is 4.27. The summed E-state index contributed by atoms with van der Waals surface area (Å²) in [5.41, 5.74) is 0.140. The molecule has 1 aliphatic rings. The SMILES string of the molecule is C=C(C(=O)OC(C)(C)C)C1CCCC(O)(c2ccccc2)C(C)C1. The fraction of sp³-hybridized carbons (Fsp3) is 0.571. The lowest BCUT2D eigenvalue weighted by atomic mass is 9.77. The van der Waals surface area contributed by atoms with Gasteiger partial charge in [-0.15, -0.1) is 0 Å². The molecule has 0 heterocycles. The summed E-state index contributed by atoms with van der Waals surface area (Å²) in [4.78, 5) is 12.3. The van der Waals surface area contributed by atoms with Crippen molar-refractivity contribution in [2.45, 2.75) is 64.6 Å². The van der Waals surface area contributed by atoms with Crippen molar-refractivity contribution in [1.29, 1.82) is 0 Å². The van der Waals surface area contributed by atoms with Gasteiger partial charge in [-0.2, -0.15) is 0 Å². The number of carbonyl (C=O) groups excluding carboxylic acids is 1. The molecule has 0 saturated heterocycles. The van der Waals surface area contributed by atoms with Crippen LogP contribution in [0.1, 0.15) is 58.9 Å². The highest BCUT2D eigenvalue weighted by molar-refractivity contribution is 5.88. The number of carbonyl (C=O) groups is 1. The fourth-order valence-electron chi connectivity index (χ4n) is 3.59.